The maximum atomic E-state index is 11.4. The molecule has 0 rings (SSSR count). The molecule has 0 atom stereocenters. The summed E-state index contributed by atoms with van der Waals surface area (Å²) in [6.45, 7) is 2.70. The molecular weight excluding hydrogens is 186 g/mol. The van der Waals surface area contributed by atoms with Crippen LogP contribution in [0.3, 0.4) is 0 Å². The number of nitrogens with zero attached hydrogens (tertiary/aromatic N) is 2. The van der Waals surface area contributed by atoms with Crippen molar-refractivity contribution in [3.05, 3.63) is 0 Å². The maximum absolute atomic E-state index is 11.4. The number of oxime groups is 1. The number of amidine groups is 1. The molecule has 0 unspecified atom stereocenters. The summed E-state index contributed by atoms with van der Waals surface area (Å²) >= 11 is 0. The topological polar surface area (TPSA) is 99.2 Å². The number of nitrogens with two attached hydrogens (primary N) is 1. The van der Waals surface area contributed by atoms with Gasteiger partial charge in [0.2, 0.25) is 5.91 Å². The summed E-state index contributed by atoms with van der Waals surface area (Å²) in [7, 11) is 0. The van der Waals surface area contributed by atoms with Gasteiger partial charge in [-0.15, -0.1) is 0 Å². The number of hydrogen-bond donors (Lipinski definition) is 3. The highest BCUT2D eigenvalue weighted by molar-refractivity contribution is 5.98. The van der Waals surface area contributed by atoms with E-state index in [9.17, 15) is 4.79 Å². The molecule has 0 spiro atoms. The third-order valence-corrected chi connectivity index (χ3v) is 1.68. The average molecular weight is 203 g/mol. The molecule has 0 aromatic rings. The Bertz CT molecular complexity index is 200. The number of rotatable bonds is 6. The fraction of sp³-hybridized carbons (Fsp3) is 0.750. The predicted molar refractivity (Wildman–Crippen MR) is 52.0 cm³/mol. The second-order valence-corrected chi connectivity index (χ2v) is 2.87. The van der Waals surface area contributed by atoms with Crippen molar-refractivity contribution >= 4 is 11.7 Å². The molecule has 0 aliphatic heterocycles. The molecule has 0 radical (unpaired) electrons. The molecule has 0 saturated heterocycles. The fourth-order valence-electron chi connectivity index (χ4n) is 1.05. The van der Waals surface area contributed by atoms with Gasteiger partial charge in [0.1, 0.15) is 5.84 Å². The van der Waals surface area contributed by atoms with Crippen molar-refractivity contribution in [3.63, 3.8) is 0 Å². The van der Waals surface area contributed by atoms with Gasteiger partial charge < -0.3 is 20.9 Å². The van der Waals surface area contributed by atoms with Gasteiger partial charge in [-0.1, -0.05) is 12.1 Å². The van der Waals surface area contributed by atoms with Crippen LogP contribution in [0, 0.1) is 0 Å². The van der Waals surface area contributed by atoms with Crippen LogP contribution >= 0.6 is 0 Å². The highest BCUT2D eigenvalue weighted by Gasteiger charge is 2.13. The van der Waals surface area contributed by atoms with Crippen molar-refractivity contribution in [3.8, 4) is 0 Å². The number of aliphatic hydroxyl groups excluding tert-OH is 1. The molecule has 14 heavy (non-hydrogen) atoms. The molecule has 4 N–H and O–H groups in total. The van der Waals surface area contributed by atoms with E-state index in [1.807, 2.05) is 6.92 Å². The quantitative estimate of drug-likeness (QED) is 0.231. The SMILES string of the molecule is CCCN(CCO)C(=O)C/C(N)=N/O. The van der Waals surface area contributed by atoms with Crippen molar-refractivity contribution in [2.24, 2.45) is 10.9 Å². The van der Waals surface area contributed by atoms with Gasteiger partial charge in [-0.25, -0.2) is 0 Å². The smallest absolute Gasteiger partial charge is 0.230 e. The van der Waals surface area contributed by atoms with Gasteiger partial charge in [0.15, 0.2) is 0 Å². The summed E-state index contributed by atoms with van der Waals surface area (Å²) < 4.78 is 0. The van der Waals surface area contributed by atoms with Crippen LogP contribution in [0.15, 0.2) is 5.16 Å². The Morgan fingerprint density at radius 1 is 1.50 bits per heavy atom. The lowest BCUT2D eigenvalue weighted by Gasteiger charge is -2.20. The van der Waals surface area contributed by atoms with E-state index in [-0.39, 0.29) is 31.3 Å². The lowest BCUT2D eigenvalue weighted by molar-refractivity contribution is -0.130. The standard InChI is InChI=1S/C8H17N3O3/c1-2-3-11(4-5-12)8(13)6-7(9)10-14/h12,14H,2-6H2,1H3,(H2,9,10). The molecule has 0 aliphatic carbocycles. The highest BCUT2D eigenvalue weighted by Crippen LogP contribution is 1.96. The van der Waals surface area contributed by atoms with Crippen molar-refractivity contribution in [1.29, 1.82) is 0 Å². The van der Waals surface area contributed by atoms with Crippen LogP contribution in [0.4, 0.5) is 0 Å². The van der Waals surface area contributed by atoms with E-state index < -0.39 is 0 Å². The van der Waals surface area contributed by atoms with Gasteiger partial charge in [-0.05, 0) is 6.42 Å². The summed E-state index contributed by atoms with van der Waals surface area (Å²) in [5.41, 5.74) is 5.19. The Kier molecular flexibility index (Phi) is 6.47. The maximum Gasteiger partial charge on any atom is 0.230 e. The van der Waals surface area contributed by atoms with Gasteiger partial charge in [0, 0.05) is 13.1 Å². The molecule has 0 aromatic carbocycles. The van der Waals surface area contributed by atoms with Crippen molar-refractivity contribution in [2.75, 3.05) is 19.7 Å². The van der Waals surface area contributed by atoms with E-state index >= 15 is 0 Å². The third-order valence-electron chi connectivity index (χ3n) is 1.68. The highest BCUT2D eigenvalue weighted by atomic mass is 16.4. The molecule has 0 heterocycles. The van der Waals surface area contributed by atoms with Crippen molar-refractivity contribution in [1.82, 2.24) is 4.90 Å². The second kappa shape index (κ2) is 7.14. The first kappa shape index (κ1) is 12.7. The zero-order chi connectivity index (χ0) is 11.0. The van der Waals surface area contributed by atoms with Gasteiger partial charge in [0.25, 0.3) is 0 Å². The van der Waals surface area contributed by atoms with Gasteiger partial charge >= 0.3 is 0 Å². The first-order valence-corrected chi connectivity index (χ1v) is 4.50. The second-order valence-electron chi connectivity index (χ2n) is 2.87. The molecule has 0 aliphatic rings. The van der Waals surface area contributed by atoms with E-state index in [0.29, 0.717) is 6.54 Å². The summed E-state index contributed by atoms with van der Waals surface area (Å²) in [5.74, 6) is -0.356. The molecule has 0 saturated carbocycles. The fourth-order valence-corrected chi connectivity index (χ4v) is 1.05. The van der Waals surface area contributed by atoms with E-state index in [0.717, 1.165) is 6.42 Å². The Hall–Kier alpha value is -1.30. The minimum absolute atomic E-state index is 0.0814. The average Bonchev–Trinajstić information content (AvgIpc) is 2.17. The normalized spacial score (nSPS) is 11.4. The Morgan fingerprint density at radius 2 is 2.14 bits per heavy atom. The van der Waals surface area contributed by atoms with E-state index in [1.165, 1.54) is 4.90 Å². The van der Waals surface area contributed by atoms with Crippen LogP contribution in [-0.4, -0.2) is 46.7 Å². The molecule has 0 aromatic heterocycles. The van der Waals surface area contributed by atoms with Gasteiger partial charge in [-0.3, -0.25) is 4.79 Å². The summed E-state index contributed by atoms with van der Waals surface area (Å²) in [5, 5.41) is 19.7. The van der Waals surface area contributed by atoms with Gasteiger partial charge in [-0.2, -0.15) is 0 Å². The predicted octanol–water partition coefficient (Wildman–Crippen LogP) is -0.646. The van der Waals surface area contributed by atoms with Crippen LogP contribution in [0.2, 0.25) is 0 Å². The molecule has 82 valence electrons. The number of aliphatic hydroxyl groups is 1. The molecule has 6 heteroatoms. The zero-order valence-corrected chi connectivity index (χ0v) is 8.31. The molecule has 1 amide bonds. The molecule has 6 nitrogen and oxygen atoms in total. The van der Waals surface area contributed by atoms with Gasteiger partial charge in [0.05, 0.1) is 13.0 Å². The first-order valence-electron chi connectivity index (χ1n) is 4.50. The summed E-state index contributed by atoms with van der Waals surface area (Å²) in [6, 6.07) is 0. The minimum Gasteiger partial charge on any atom is -0.409 e. The largest absolute Gasteiger partial charge is 0.409 e. The number of hydrogen-bond acceptors (Lipinski definition) is 4. The molecule has 0 fully saturated rings. The summed E-state index contributed by atoms with van der Waals surface area (Å²) in [4.78, 5) is 12.9. The van der Waals surface area contributed by atoms with E-state index in [2.05, 4.69) is 5.16 Å². The molecule has 0 bridgehead atoms. The summed E-state index contributed by atoms with van der Waals surface area (Å²) in [6.07, 6.45) is 0.693. The van der Waals surface area contributed by atoms with Crippen LogP contribution in [0.25, 0.3) is 0 Å². The van der Waals surface area contributed by atoms with E-state index in [1.54, 1.807) is 0 Å². The molecular formula is C8H17N3O3. The van der Waals surface area contributed by atoms with E-state index in [4.69, 9.17) is 16.0 Å². The van der Waals surface area contributed by atoms with Crippen LogP contribution in [-0.2, 0) is 4.79 Å². The van der Waals surface area contributed by atoms with Crippen molar-refractivity contribution < 1.29 is 15.1 Å². The Morgan fingerprint density at radius 3 is 2.57 bits per heavy atom. The first-order chi connectivity index (χ1) is 6.65. The minimum atomic E-state index is -0.240. The van der Waals surface area contributed by atoms with Crippen LogP contribution < -0.4 is 5.73 Å². The Labute approximate surface area is 83.0 Å². The lowest BCUT2D eigenvalue weighted by Crippen LogP contribution is -2.36. The zero-order valence-electron chi connectivity index (χ0n) is 8.31. The lowest BCUT2D eigenvalue weighted by atomic mass is 10.3. The Balaban J connectivity index is 4.14. The number of carbonyl (C=O) groups excluding carboxylic acids is 1. The number of amides is 1. The van der Waals surface area contributed by atoms with Crippen molar-refractivity contribution in [2.45, 2.75) is 19.8 Å². The van der Waals surface area contributed by atoms with Crippen LogP contribution in [0.5, 0.6) is 0 Å². The number of carbonyl (C=O) groups is 1. The van der Waals surface area contributed by atoms with Crippen LogP contribution in [0.1, 0.15) is 19.8 Å². The monoisotopic (exact) mass is 203 g/mol. The third kappa shape index (κ3) is 4.66.